The summed E-state index contributed by atoms with van der Waals surface area (Å²) in [4.78, 5) is 0.147. The molecule has 0 unspecified atom stereocenters. The van der Waals surface area contributed by atoms with E-state index in [0.29, 0.717) is 26.1 Å². The van der Waals surface area contributed by atoms with Gasteiger partial charge in [0.2, 0.25) is 0 Å². The topological polar surface area (TPSA) is 82.1 Å². The average molecular weight is 423 g/mol. The van der Waals surface area contributed by atoms with E-state index < -0.39 is 26.9 Å². The standard InChI is InChI=1S/C22H30O6S/c1-18-6-8-19(9-7-18)29(24,25)28-17-3-11-20(23)10-2-12-21(13-4-15-26-21)22(20)14-5-16-27-22/h2,6-10,23H,3-5,11-17H2,1H3/t20-,21+,22-/m1/s1. The van der Waals surface area contributed by atoms with E-state index >= 15 is 0 Å². The van der Waals surface area contributed by atoms with Gasteiger partial charge >= 0.3 is 0 Å². The minimum absolute atomic E-state index is 0.0102. The van der Waals surface area contributed by atoms with E-state index in [0.717, 1.165) is 37.7 Å². The van der Waals surface area contributed by atoms with Crippen LogP contribution in [0.3, 0.4) is 0 Å². The first-order valence-electron chi connectivity index (χ1n) is 10.5. The minimum Gasteiger partial charge on any atom is -0.383 e. The van der Waals surface area contributed by atoms with Gasteiger partial charge in [-0.2, -0.15) is 8.42 Å². The summed E-state index contributed by atoms with van der Waals surface area (Å²) in [6.45, 7) is 3.21. The van der Waals surface area contributed by atoms with Crippen LogP contribution in [0.4, 0.5) is 0 Å². The fourth-order valence-electron chi connectivity index (χ4n) is 5.22. The molecule has 0 aromatic heterocycles. The predicted molar refractivity (Wildman–Crippen MR) is 108 cm³/mol. The maximum atomic E-state index is 12.4. The van der Waals surface area contributed by atoms with Gasteiger partial charge in [-0.25, -0.2) is 0 Å². The monoisotopic (exact) mass is 422 g/mol. The number of hydrogen-bond acceptors (Lipinski definition) is 6. The zero-order valence-electron chi connectivity index (χ0n) is 16.9. The van der Waals surface area contributed by atoms with Gasteiger partial charge in [-0.15, -0.1) is 0 Å². The number of aryl methyl sites for hydroxylation is 1. The van der Waals surface area contributed by atoms with Crippen LogP contribution in [0.25, 0.3) is 0 Å². The fourth-order valence-corrected chi connectivity index (χ4v) is 6.17. The van der Waals surface area contributed by atoms with Crippen molar-refractivity contribution in [3.8, 4) is 0 Å². The van der Waals surface area contributed by atoms with Gasteiger partial charge in [0.1, 0.15) is 16.8 Å². The summed E-state index contributed by atoms with van der Waals surface area (Å²) in [5, 5.41) is 11.6. The van der Waals surface area contributed by atoms with Crippen LogP contribution in [0, 0.1) is 6.92 Å². The fraction of sp³-hybridized carbons (Fsp3) is 0.636. The molecule has 2 saturated heterocycles. The Kier molecular flexibility index (Phi) is 5.63. The molecule has 2 spiro atoms. The van der Waals surface area contributed by atoms with Crippen LogP contribution < -0.4 is 0 Å². The SMILES string of the molecule is Cc1ccc(S(=O)(=O)OCCC[C@]2(O)C=CC[C@]3(CCCO3)[C@@]23CCCO3)cc1. The molecule has 0 amide bonds. The minimum atomic E-state index is -3.81. The van der Waals surface area contributed by atoms with Crippen LogP contribution >= 0.6 is 0 Å². The Balaban J connectivity index is 1.44. The quantitative estimate of drug-likeness (QED) is 0.430. The molecule has 1 aromatic carbocycles. The molecule has 0 bridgehead atoms. The molecule has 2 fully saturated rings. The highest BCUT2D eigenvalue weighted by Gasteiger charge is 2.66. The Bertz CT molecular complexity index is 848. The van der Waals surface area contributed by atoms with Crippen molar-refractivity contribution in [2.45, 2.75) is 73.6 Å². The Morgan fingerprint density at radius 2 is 1.83 bits per heavy atom. The van der Waals surface area contributed by atoms with Crippen molar-refractivity contribution in [1.82, 2.24) is 0 Å². The lowest BCUT2D eigenvalue weighted by atomic mass is 9.62. The average Bonchev–Trinajstić information content (AvgIpc) is 3.36. The second-order valence-corrected chi connectivity index (χ2v) is 10.1. The maximum absolute atomic E-state index is 12.4. The molecule has 7 heteroatoms. The zero-order chi connectivity index (χ0) is 20.6. The molecule has 29 heavy (non-hydrogen) atoms. The highest BCUT2D eigenvalue weighted by atomic mass is 32.2. The smallest absolute Gasteiger partial charge is 0.296 e. The van der Waals surface area contributed by atoms with Crippen molar-refractivity contribution < 1.29 is 27.2 Å². The molecule has 0 radical (unpaired) electrons. The van der Waals surface area contributed by atoms with Crippen LogP contribution in [0.15, 0.2) is 41.3 Å². The first kappa shape index (κ1) is 21.0. The van der Waals surface area contributed by atoms with E-state index in [1.54, 1.807) is 24.3 Å². The summed E-state index contributed by atoms with van der Waals surface area (Å²) >= 11 is 0. The molecule has 1 aromatic rings. The van der Waals surface area contributed by atoms with E-state index in [-0.39, 0.29) is 11.5 Å². The molecule has 6 nitrogen and oxygen atoms in total. The van der Waals surface area contributed by atoms with Crippen molar-refractivity contribution in [2.75, 3.05) is 19.8 Å². The molecule has 2 heterocycles. The maximum Gasteiger partial charge on any atom is 0.296 e. The number of aliphatic hydroxyl groups is 1. The molecule has 2 aliphatic heterocycles. The zero-order valence-corrected chi connectivity index (χ0v) is 17.7. The van der Waals surface area contributed by atoms with Gasteiger partial charge in [0.05, 0.1) is 11.5 Å². The van der Waals surface area contributed by atoms with Crippen molar-refractivity contribution in [3.05, 3.63) is 42.0 Å². The van der Waals surface area contributed by atoms with E-state index in [1.165, 1.54) is 0 Å². The Morgan fingerprint density at radius 1 is 1.10 bits per heavy atom. The molecule has 1 aliphatic carbocycles. The van der Waals surface area contributed by atoms with E-state index in [9.17, 15) is 13.5 Å². The Labute approximate surface area is 173 Å². The third-order valence-corrected chi connectivity index (χ3v) is 7.98. The lowest BCUT2D eigenvalue weighted by Crippen LogP contribution is -2.68. The number of hydrogen-bond donors (Lipinski definition) is 1. The van der Waals surface area contributed by atoms with Crippen LogP contribution in [-0.4, -0.2) is 50.1 Å². The van der Waals surface area contributed by atoms with E-state index in [4.69, 9.17) is 13.7 Å². The lowest BCUT2D eigenvalue weighted by molar-refractivity contribution is -0.244. The number of ether oxygens (including phenoxy) is 2. The lowest BCUT2D eigenvalue weighted by Gasteiger charge is -2.55. The van der Waals surface area contributed by atoms with Crippen LogP contribution in [0.2, 0.25) is 0 Å². The molecule has 0 saturated carbocycles. The van der Waals surface area contributed by atoms with Crippen LogP contribution in [0.1, 0.15) is 50.5 Å². The summed E-state index contributed by atoms with van der Waals surface area (Å²) in [5.41, 5.74) is -1.45. The molecule has 3 aliphatic rings. The second kappa shape index (κ2) is 7.78. The van der Waals surface area contributed by atoms with Gasteiger partial charge < -0.3 is 14.6 Å². The largest absolute Gasteiger partial charge is 0.383 e. The molecule has 1 N–H and O–H groups in total. The number of fused-ring (bicyclic) bond motifs is 1. The van der Waals surface area contributed by atoms with Gasteiger partial charge in [-0.3, -0.25) is 4.18 Å². The summed E-state index contributed by atoms with van der Waals surface area (Å²) in [5.74, 6) is 0. The van der Waals surface area contributed by atoms with Crippen molar-refractivity contribution in [3.63, 3.8) is 0 Å². The van der Waals surface area contributed by atoms with E-state index in [2.05, 4.69) is 0 Å². The third kappa shape index (κ3) is 3.57. The van der Waals surface area contributed by atoms with Gasteiger partial charge in [0.25, 0.3) is 10.1 Å². The van der Waals surface area contributed by atoms with Crippen LogP contribution in [-0.2, 0) is 23.8 Å². The highest BCUT2D eigenvalue weighted by Crippen LogP contribution is 2.56. The summed E-state index contributed by atoms with van der Waals surface area (Å²) in [6.07, 6.45) is 8.79. The van der Waals surface area contributed by atoms with Gasteiger partial charge in [-0.05, 0) is 64.0 Å². The number of benzene rings is 1. The molecule has 160 valence electrons. The summed E-state index contributed by atoms with van der Waals surface area (Å²) in [6, 6.07) is 6.58. The second-order valence-electron chi connectivity index (χ2n) is 8.45. The molecular weight excluding hydrogens is 392 g/mol. The Hall–Kier alpha value is -1.25. The molecular formula is C22H30O6S. The van der Waals surface area contributed by atoms with Crippen molar-refractivity contribution in [1.29, 1.82) is 0 Å². The summed E-state index contributed by atoms with van der Waals surface area (Å²) in [7, 11) is -3.81. The van der Waals surface area contributed by atoms with Crippen molar-refractivity contribution >= 4 is 10.1 Å². The predicted octanol–water partition coefficient (Wildman–Crippen LogP) is 3.27. The third-order valence-electron chi connectivity index (χ3n) is 6.65. The first-order valence-corrected chi connectivity index (χ1v) is 11.9. The highest BCUT2D eigenvalue weighted by molar-refractivity contribution is 7.86. The van der Waals surface area contributed by atoms with Gasteiger partial charge in [0.15, 0.2) is 0 Å². The Morgan fingerprint density at radius 3 is 2.48 bits per heavy atom. The number of rotatable bonds is 6. The van der Waals surface area contributed by atoms with Gasteiger partial charge in [0, 0.05) is 13.2 Å². The normalized spacial score (nSPS) is 34.4. The van der Waals surface area contributed by atoms with Crippen molar-refractivity contribution in [2.24, 2.45) is 0 Å². The van der Waals surface area contributed by atoms with Crippen LogP contribution in [0.5, 0.6) is 0 Å². The first-order chi connectivity index (χ1) is 13.8. The molecule has 3 atom stereocenters. The van der Waals surface area contributed by atoms with E-state index in [1.807, 2.05) is 19.1 Å². The summed E-state index contributed by atoms with van der Waals surface area (Å²) < 4.78 is 42.4. The molecule has 4 rings (SSSR count). The van der Waals surface area contributed by atoms with Gasteiger partial charge in [-0.1, -0.05) is 29.8 Å².